The molecule has 0 unspecified atom stereocenters. The summed E-state index contributed by atoms with van der Waals surface area (Å²) in [6, 6.07) is 8.67. The zero-order chi connectivity index (χ0) is 20.6. The lowest BCUT2D eigenvalue weighted by molar-refractivity contribution is 0.0644. The van der Waals surface area contributed by atoms with Gasteiger partial charge in [0.1, 0.15) is 11.5 Å². The van der Waals surface area contributed by atoms with Crippen LogP contribution in [-0.2, 0) is 0 Å². The van der Waals surface area contributed by atoms with Gasteiger partial charge in [0.15, 0.2) is 0 Å². The van der Waals surface area contributed by atoms with E-state index in [9.17, 15) is 9.59 Å². The van der Waals surface area contributed by atoms with Gasteiger partial charge in [0, 0.05) is 63.2 Å². The van der Waals surface area contributed by atoms with E-state index in [1.165, 1.54) is 11.3 Å². The van der Waals surface area contributed by atoms with Crippen LogP contribution >= 0.6 is 11.3 Å². The van der Waals surface area contributed by atoms with E-state index in [1.807, 2.05) is 22.4 Å². The number of benzene rings is 1. The highest BCUT2D eigenvalue weighted by molar-refractivity contribution is 7.12. The van der Waals surface area contributed by atoms with Gasteiger partial charge in [0.05, 0.1) is 19.1 Å². The minimum atomic E-state index is -0.285. The molecule has 3 rings (SSSR count). The predicted molar refractivity (Wildman–Crippen MR) is 113 cm³/mol. The summed E-state index contributed by atoms with van der Waals surface area (Å²) >= 11 is 1.47. The number of anilines is 1. The Hall–Kier alpha value is -2.78. The van der Waals surface area contributed by atoms with Crippen molar-refractivity contribution < 1.29 is 19.1 Å². The average Bonchev–Trinajstić information content (AvgIpc) is 3.28. The van der Waals surface area contributed by atoms with Crippen LogP contribution in [0, 0.1) is 0 Å². The van der Waals surface area contributed by atoms with Crippen LogP contribution in [-0.4, -0.2) is 75.2 Å². The van der Waals surface area contributed by atoms with Gasteiger partial charge in [0.25, 0.3) is 5.91 Å². The number of piperazine rings is 1. The van der Waals surface area contributed by atoms with Crippen LogP contribution in [0.3, 0.4) is 0 Å². The molecule has 0 atom stereocenters. The summed E-state index contributed by atoms with van der Waals surface area (Å²) in [4.78, 5) is 29.4. The fraction of sp³-hybridized carbons (Fsp3) is 0.400. The molecule has 1 aliphatic heterocycles. The highest BCUT2D eigenvalue weighted by Gasteiger charge is 2.22. The third-order valence-corrected chi connectivity index (χ3v) is 5.57. The van der Waals surface area contributed by atoms with Crippen molar-refractivity contribution >= 4 is 29.0 Å². The second-order valence-corrected chi connectivity index (χ2v) is 7.54. The van der Waals surface area contributed by atoms with Crippen LogP contribution in [0.5, 0.6) is 11.5 Å². The number of thiophene rings is 1. The normalized spacial score (nSPS) is 14.3. The number of amides is 3. The molecule has 1 fully saturated rings. The molecule has 2 heterocycles. The summed E-state index contributed by atoms with van der Waals surface area (Å²) in [6.07, 6.45) is 0. The summed E-state index contributed by atoms with van der Waals surface area (Å²) in [6.45, 7) is 4.25. The van der Waals surface area contributed by atoms with Gasteiger partial charge in [-0.2, -0.15) is 0 Å². The molecule has 8 nitrogen and oxygen atoms in total. The molecule has 1 aromatic heterocycles. The molecule has 1 saturated heterocycles. The van der Waals surface area contributed by atoms with Gasteiger partial charge in [0.2, 0.25) is 0 Å². The molecule has 0 saturated carbocycles. The largest absolute Gasteiger partial charge is 0.497 e. The van der Waals surface area contributed by atoms with E-state index in [-0.39, 0.29) is 11.9 Å². The Balaban J connectivity index is 1.38. The number of rotatable bonds is 7. The molecule has 29 heavy (non-hydrogen) atoms. The SMILES string of the molecule is COc1cc(NC(=O)NCCN2CCN(C(=O)c3cccs3)CC2)cc(OC)c1. The molecular formula is C20H26N4O4S. The lowest BCUT2D eigenvalue weighted by atomic mass is 10.3. The Labute approximate surface area is 174 Å². The van der Waals surface area contributed by atoms with Gasteiger partial charge in [-0.1, -0.05) is 6.07 Å². The van der Waals surface area contributed by atoms with Crippen molar-refractivity contribution in [3.8, 4) is 11.5 Å². The third-order valence-electron chi connectivity index (χ3n) is 4.71. The number of hydrogen-bond donors (Lipinski definition) is 2. The monoisotopic (exact) mass is 418 g/mol. The van der Waals surface area contributed by atoms with Gasteiger partial charge in [-0.25, -0.2) is 4.79 Å². The Bertz CT molecular complexity index is 798. The lowest BCUT2D eigenvalue weighted by Crippen LogP contribution is -2.50. The van der Waals surface area contributed by atoms with Crippen molar-refractivity contribution in [2.75, 3.05) is 58.8 Å². The summed E-state index contributed by atoms with van der Waals surface area (Å²) in [7, 11) is 3.12. The first-order chi connectivity index (χ1) is 14.1. The van der Waals surface area contributed by atoms with Crippen LogP contribution < -0.4 is 20.1 Å². The molecule has 0 spiro atoms. The smallest absolute Gasteiger partial charge is 0.319 e. The first kappa shape index (κ1) is 20.9. The minimum absolute atomic E-state index is 0.103. The van der Waals surface area contributed by atoms with E-state index in [2.05, 4.69) is 15.5 Å². The maximum absolute atomic E-state index is 12.4. The Kier molecular flexibility index (Phi) is 7.31. The number of urea groups is 1. The van der Waals surface area contributed by atoms with Crippen molar-refractivity contribution in [2.45, 2.75) is 0 Å². The van der Waals surface area contributed by atoms with Crippen molar-refractivity contribution in [1.82, 2.24) is 15.1 Å². The number of ether oxygens (including phenoxy) is 2. The topological polar surface area (TPSA) is 83.1 Å². The molecule has 0 radical (unpaired) electrons. The predicted octanol–water partition coefficient (Wildman–Crippen LogP) is 2.34. The molecule has 3 amide bonds. The number of hydrogen-bond acceptors (Lipinski definition) is 6. The Morgan fingerprint density at radius 3 is 2.34 bits per heavy atom. The maximum atomic E-state index is 12.4. The molecule has 2 aromatic rings. The minimum Gasteiger partial charge on any atom is -0.497 e. The van der Waals surface area contributed by atoms with E-state index in [4.69, 9.17) is 9.47 Å². The zero-order valence-corrected chi connectivity index (χ0v) is 17.5. The van der Waals surface area contributed by atoms with Gasteiger partial charge in [-0.3, -0.25) is 9.69 Å². The molecule has 1 aliphatic rings. The zero-order valence-electron chi connectivity index (χ0n) is 16.6. The highest BCUT2D eigenvalue weighted by atomic mass is 32.1. The van der Waals surface area contributed by atoms with Crippen molar-refractivity contribution in [3.63, 3.8) is 0 Å². The molecule has 156 valence electrons. The number of nitrogens with zero attached hydrogens (tertiary/aromatic N) is 2. The molecule has 1 aromatic carbocycles. The highest BCUT2D eigenvalue weighted by Crippen LogP contribution is 2.25. The number of methoxy groups -OCH3 is 2. The average molecular weight is 419 g/mol. The number of carbonyl (C=O) groups excluding carboxylic acids is 2. The molecule has 0 bridgehead atoms. The van der Waals surface area contributed by atoms with Crippen molar-refractivity contribution in [1.29, 1.82) is 0 Å². The standard InChI is InChI=1S/C20H26N4O4S/c1-27-16-12-15(13-17(14-16)28-2)22-20(26)21-5-6-23-7-9-24(10-8-23)19(25)18-4-3-11-29-18/h3-4,11-14H,5-10H2,1-2H3,(H2,21,22,26). The number of nitrogens with one attached hydrogen (secondary N) is 2. The fourth-order valence-corrected chi connectivity index (χ4v) is 3.80. The third kappa shape index (κ3) is 5.85. The van der Waals surface area contributed by atoms with E-state index in [1.54, 1.807) is 32.4 Å². The quantitative estimate of drug-likeness (QED) is 0.721. The van der Waals surface area contributed by atoms with E-state index in [0.717, 1.165) is 24.5 Å². The van der Waals surface area contributed by atoms with Crippen molar-refractivity contribution in [2.24, 2.45) is 0 Å². The summed E-state index contributed by atoms with van der Waals surface area (Å²) in [5.41, 5.74) is 0.597. The number of carbonyl (C=O) groups is 2. The maximum Gasteiger partial charge on any atom is 0.319 e. The van der Waals surface area contributed by atoms with E-state index >= 15 is 0 Å². The summed E-state index contributed by atoms with van der Waals surface area (Å²) < 4.78 is 10.4. The van der Waals surface area contributed by atoms with E-state index < -0.39 is 0 Å². The first-order valence-corrected chi connectivity index (χ1v) is 10.3. The Morgan fingerprint density at radius 1 is 1.07 bits per heavy atom. The Morgan fingerprint density at radius 2 is 1.76 bits per heavy atom. The van der Waals surface area contributed by atoms with Gasteiger partial charge >= 0.3 is 6.03 Å². The van der Waals surface area contributed by atoms with Crippen LogP contribution in [0.2, 0.25) is 0 Å². The molecule has 9 heteroatoms. The fourth-order valence-electron chi connectivity index (χ4n) is 3.11. The van der Waals surface area contributed by atoms with Crippen molar-refractivity contribution in [3.05, 3.63) is 40.6 Å². The molecular weight excluding hydrogens is 392 g/mol. The first-order valence-electron chi connectivity index (χ1n) is 9.42. The summed E-state index contributed by atoms with van der Waals surface area (Å²) in [5, 5.41) is 7.56. The lowest BCUT2D eigenvalue weighted by Gasteiger charge is -2.34. The van der Waals surface area contributed by atoms with Gasteiger partial charge in [-0.05, 0) is 11.4 Å². The van der Waals surface area contributed by atoms with Crippen LogP contribution in [0.4, 0.5) is 10.5 Å². The summed E-state index contributed by atoms with van der Waals surface area (Å²) in [5.74, 6) is 1.31. The second-order valence-electron chi connectivity index (χ2n) is 6.59. The molecule has 0 aliphatic carbocycles. The van der Waals surface area contributed by atoms with Gasteiger partial charge < -0.3 is 25.0 Å². The second kappa shape index (κ2) is 10.1. The molecule has 2 N–H and O–H groups in total. The van der Waals surface area contributed by atoms with Gasteiger partial charge in [-0.15, -0.1) is 11.3 Å². The van der Waals surface area contributed by atoms with Crippen LogP contribution in [0.1, 0.15) is 9.67 Å². The van der Waals surface area contributed by atoms with E-state index in [0.29, 0.717) is 36.8 Å². The van der Waals surface area contributed by atoms with Crippen LogP contribution in [0.25, 0.3) is 0 Å². The van der Waals surface area contributed by atoms with Crippen LogP contribution in [0.15, 0.2) is 35.7 Å².